The van der Waals surface area contributed by atoms with E-state index in [2.05, 4.69) is 250 Å². The number of fused-ring (bicyclic) bond motifs is 4. The fourth-order valence-electron chi connectivity index (χ4n) is 8.95. The Morgan fingerprint density at radius 2 is 0.967 bits per heavy atom. The standard InChI is InChI=1S/C49H36N2.C10H14/c1-3-15-46-42(4-2)43-20-11-13-22-47(43)50(46)40-27-24-36(25-28-40)37-26-29-49-45(33-37)44-21-12-14-23-48(44)51(49)41-31-38(34-16-7-5-8-17-34)30-39(32-41)35-18-9-6-10-19-35;1-8(2)10-7-5-4-6-9(10)3/h3-33H,1H2,2H3;4-8H,1-3H3/b42-4-,46-15+;. The minimum Gasteiger partial charge on any atom is -0.309 e. The van der Waals surface area contributed by atoms with Crippen molar-refractivity contribution >= 4 is 44.9 Å². The molecule has 0 saturated heterocycles. The summed E-state index contributed by atoms with van der Waals surface area (Å²) in [5.41, 5.74) is 15.9. The largest absolute Gasteiger partial charge is 0.309 e. The Labute approximate surface area is 359 Å². The SMILES string of the molecule is C=C/C=c1\c(=C/C)c2ccccc2n1-c1ccc(-c2ccc3c(c2)c2ccccc2n3-c2cc(-c3ccccc3)cc(-c3ccccc3)c2)cc1.Cc1ccccc1C(C)C. The molecule has 2 heterocycles. The highest BCUT2D eigenvalue weighted by Gasteiger charge is 2.16. The summed E-state index contributed by atoms with van der Waals surface area (Å²) in [6.07, 6.45) is 6.16. The van der Waals surface area contributed by atoms with Crippen LogP contribution < -0.4 is 10.6 Å². The van der Waals surface area contributed by atoms with Crippen LogP contribution >= 0.6 is 0 Å². The molecule has 0 unspecified atom stereocenters. The van der Waals surface area contributed by atoms with E-state index >= 15 is 0 Å². The van der Waals surface area contributed by atoms with Gasteiger partial charge in [-0.1, -0.05) is 172 Å². The van der Waals surface area contributed by atoms with Crippen molar-refractivity contribution in [1.29, 1.82) is 0 Å². The number of aromatic nitrogens is 2. The van der Waals surface area contributed by atoms with Crippen LogP contribution in [0.25, 0.3) is 89.6 Å². The molecule has 0 fully saturated rings. The molecule has 0 atom stereocenters. The van der Waals surface area contributed by atoms with Gasteiger partial charge in [0.05, 0.1) is 21.9 Å². The Kier molecular flexibility index (Phi) is 10.9. The zero-order valence-electron chi connectivity index (χ0n) is 35.4. The Morgan fingerprint density at radius 1 is 0.443 bits per heavy atom. The minimum absolute atomic E-state index is 0.654. The van der Waals surface area contributed by atoms with Gasteiger partial charge in [-0.2, -0.15) is 0 Å². The van der Waals surface area contributed by atoms with Crippen molar-refractivity contribution in [2.24, 2.45) is 0 Å². The van der Waals surface area contributed by atoms with Crippen molar-refractivity contribution < 1.29 is 0 Å². The molecule has 0 aliphatic carbocycles. The monoisotopic (exact) mass is 786 g/mol. The number of rotatable bonds is 7. The highest BCUT2D eigenvalue weighted by Crippen LogP contribution is 2.38. The summed E-state index contributed by atoms with van der Waals surface area (Å²) in [5.74, 6) is 0.654. The summed E-state index contributed by atoms with van der Waals surface area (Å²) in [4.78, 5) is 0. The third-order valence-electron chi connectivity index (χ3n) is 11.8. The van der Waals surface area contributed by atoms with Crippen LogP contribution in [-0.4, -0.2) is 9.13 Å². The first kappa shape index (κ1) is 39.1. The molecule has 0 saturated carbocycles. The number of nitrogens with zero attached hydrogens (tertiary/aromatic N) is 2. The summed E-state index contributed by atoms with van der Waals surface area (Å²) in [6, 6.07) is 70.1. The van der Waals surface area contributed by atoms with E-state index in [0.717, 1.165) is 16.7 Å². The normalized spacial score (nSPS) is 12.0. The van der Waals surface area contributed by atoms with Gasteiger partial charge < -0.3 is 9.13 Å². The molecule has 10 aromatic rings. The van der Waals surface area contributed by atoms with Crippen LogP contribution in [0.3, 0.4) is 0 Å². The molecule has 0 radical (unpaired) electrons. The van der Waals surface area contributed by atoms with Crippen LogP contribution in [-0.2, 0) is 0 Å². The van der Waals surface area contributed by atoms with Crippen molar-refractivity contribution in [2.45, 2.75) is 33.6 Å². The van der Waals surface area contributed by atoms with E-state index in [4.69, 9.17) is 0 Å². The minimum atomic E-state index is 0.654. The van der Waals surface area contributed by atoms with Crippen molar-refractivity contribution in [1.82, 2.24) is 9.13 Å². The average molecular weight is 787 g/mol. The number of hydrogen-bond acceptors (Lipinski definition) is 0. The molecule has 296 valence electrons. The second-order valence-corrected chi connectivity index (χ2v) is 16.0. The van der Waals surface area contributed by atoms with E-state index < -0.39 is 0 Å². The number of para-hydroxylation sites is 2. The molecule has 2 heteroatoms. The van der Waals surface area contributed by atoms with Gasteiger partial charge in [-0.15, -0.1) is 0 Å². The molecular weight excluding hydrogens is 737 g/mol. The van der Waals surface area contributed by atoms with Gasteiger partial charge in [0.1, 0.15) is 0 Å². The molecule has 10 rings (SSSR count). The van der Waals surface area contributed by atoms with Gasteiger partial charge in [-0.3, -0.25) is 0 Å². The lowest BCUT2D eigenvalue weighted by Crippen LogP contribution is -2.27. The summed E-state index contributed by atoms with van der Waals surface area (Å²) < 4.78 is 4.76. The number of hydrogen-bond donors (Lipinski definition) is 0. The summed E-state index contributed by atoms with van der Waals surface area (Å²) in [6.45, 7) is 12.7. The topological polar surface area (TPSA) is 9.86 Å². The Bertz CT molecular complexity index is 3230. The van der Waals surface area contributed by atoms with Crippen LogP contribution in [0.15, 0.2) is 207 Å². The molecule has 0 N–H and O–H groups in total. The predicted octanol–water partition coefficient (Wildman–Crippen LogP) is 14.6. The zero-order valence-corrected chi connectivity index (χ0v) is 35.4. The van der Waals surface area contributed by atoms with Gasteiger partial charge >= 0.3 is 0 Å². The highest BCUT2D eigenvalue weighted by atomic mass is 15.0. The van der Waals surface area contributed by atoms with Gasteiger partial charge in [0, 0.05) is 32.8 Å². The summed E-state index contributed by atoms with van der Waals surface area (Å²) >= 11 is 0. The lowest BCUT2D eigenvalue weighted by molar-refractivity contribution is 0.856. The molecule has 61 heavy (non-hydrogen) atoms. The van der Waals surface area contributed by atoms with E-state index in [1.807, 2.05) is 6.08 Å². The molecule has 0 spiro atoms. The van der Waals surface area contributed by atoms with Crippen LogP contribution in [0, 0.1) is 6.92 Å². The molecule has 8 aromatic carbocycles. The van der Waals surface area contributed by atoms with Gasteiger partial charge in [-0.25, -0.2) is 0 Å². The first-order chi connectivity index (χ1) is 29.9. The summed E-state index contributed by atoms with van der Waals surface area (Å²) in [5, 5.41) is 6.08. The molecule has 2 nitrogen and oxygen atoms in total. The third kappa shape index (κ3) is 7.54. The number of aryl methyl sites for hydroxylation is 1. The van der Waals surface area contributed by atoms with Crippen molar-refractivity contribution in [2.75, 3.05) is 0 Å². The van der Waals surface area contributed by atoms with Gasteiger partial charge in [0.2, 0.25) is 0 Å². The number of allylic oxidation sites excluding steroid dienone is 1. The van der Waals surface area contributed by atoms with Gasteiger partial charge in [-0.05, 0) is 125 Å². The second kappa shape index (κ2) is 17.0. The second-order valence-electron chi connectivity index (χ2n) is 16.0. The van der Waals surface area contributed by atoms with Crippen molar-refractivity contribution in [3.63, 3.8) is 0 Å². The molecular formula is C59H50N2. The first-order valence-electron chi connectivity index (χ1n) is 21.3. The van der Waals surface area contributed by atoms with Gasteiger partial charge in [0.15, 0.2) is 0 Å². The fourth-order valence-corrected chi connectivity index (χ4v) is 8.95. The molecule has 2 aromatic heterocycles. The number of benzene rings is 8. The Morgan fingerprint density at radius 3 is 1.56 bits per heavy atom. The third-order valence-corrected chi connectivity index (χ3v) is 11.8. The van der Waals surface area contributed by atoms with Crippen LogP contribution in [0.2, 0.25) is 0 Å². The van der Waals surface area contributed by atoms with E-state index in [-0.39, 0.29) is 0 Å². The average Bonchev–Trinajstić information content (AvgIpc) is 3.81. The molecule has 0 aliphatic heterocycles. The highest BCUT2D eigenvalue weighted by molar-refractivity contribution is 6.10. The van der Waals surface area contributed by atoms with Crippen LogP contribution in [0.1, 0.15) is 37.8 Å². The van der Waals surface area contributed by atoms with Crippen molar-refractivity contribution in [3.05, 3.63) is 228 Å². The van der Waals surface area contributed by atoms with Crippen LogP contribution in [0.5, 0.6) is 0 Å². The molecule has 0 bridgehead atoms. The van der Waals surface area contributed by atoms with Gasteiger partial charge in [0.25, 0.3) is 0 Å². The van der Waals surface area contributed by atoms with Crippen LogP contribution in [0.4, 0.5) is 0 Å². The van der Waals surface area contributed by atoms with E-state index in [1.165, 1.54) is 82.4 Å². The maximum absolute atomic E-state index is 4.01. The van der Waals surface area contributed by atoms with E-state index in [1.54, 1.807) is 0 Å². The quantitative estimate of drug-likeness (QED) is 0.152. The first-order valence-corrected chi connectivity index (χ1v) is 21.3. The van der Waals surface area contributed by atoms with Crippen molar-refractivity contribution in [3.8, 4) is 44.8 Å². The zero-order chi connectivity index (χ0) is 41.9. The van der Waals surface area contributed by atoms with E-state index in [9.17, 15) is 0 Å². The fraction of sp³-hybridized carbons (Fsp3) is 0.0847. The molecule has 0 aliphatic rings. The smallest absolute Gasteiger partial charge is 0.0541 e. The predicted molar refractivity (Wildman–Crippen MR) is 263 cm³/mol. The maximum Gasteiger partial charge on any atom is 0.0541 e. The lowest BCUT2D eigenvalue weighted by atomic mass is 9.98. The Hall–Kier alpha value is -7.42. The van der Waals surface area contributed by atoms with E-state index in [0.29, 0.717) is 5.92 Å². The summed E-state index contributed by atoms with van der Waals surface area (Å²) in [7, 11) is 0. The lowest BCUT2D eigenvalue weighted by Gasteiger charge is -2.14. The maximum atomic E-state index is 4.01. The molecule has 0 amide bonds. The Balaban J connectivity index is 0.000000421.